The molecule has 1 atom stereocenters. The summed E-state index contributed by atoms with van der Waals surface area (Å²) in [6, 6.07) is 2.30. The molecule has 4 heteroatoms. The molecule has 1 heterocycles. The van der Waals surface area contributed by atoms with Gasteiger partial charge in [0.05, 0.1) is 7.11 Å². The van der Waals surface area contributed by atoms with Gasteiger partial charge in [-0.2, -0.15) is 5.26 Å². The first-order chi connectivity index (χ1) is 6.60. The second kappa shape index (κ2) is 4.25. The number of carbonyl (C=O) groups excluding carboxylic acids is 1. The van der Waals surface area contributed by atoms with E-state index in [0.29, 0.717) is 12.6 Å². The average molecular weight is 194 g/mol. The number of ether oxygens (including phenoxy) is 1. The van der Waals surface area contributed by atoms with Crippen LogP contribution in [0, 0.1) is 11.3 Å². The van der Waals surface area contributed by atoms with Gasteiger partial charge in [-0.25, -0.2) is 4.79 Å². The van der Waals surface area contributed by atoms with Crippen molar-refractivity contribution < 1.29 is 9.53 Å². The van der Waals surface area contributed by atoms with Crippen LogP contribution in [-0.4, -0.2) is 37.6 Å². The molecule has 1 fully saturated rings. The Labute approximate surface area is 83.8 Å². The van der Waals surface area contributed by atoms with E-state index in [-0.39, 0.29) is 5.57 Å². The lowest BCUT2D eigenvalue weighted by atomic mass is 10.1. The van der Waals surface area contributed by atoms with Crippen LogP contribution in [0.1, 0.15) is 13.3 Å². The third-order valence-corrected chi connectivity index (χ3v) is 2.59. The predicted molar refractivity (Wildman–Crippen MR) is 51.4 cm³/mol. The van der Waals surface area contributed by atoms with Gasteiger partial charge in [0, 0.05) is 12.6 Å². The van der Waals surface area contributed by atoms with Crippen LogP contribution in [0.15, 0.2) is 11.1 Å². The molecule has 1 rings (SSSR count). The lowest BCUT2D eigenvalue weighted by Crippen LogP contribution is -2.21. The van der Waals surface area contributed by atoms with Crippen LogP contribution in [0.5, 0.6) is 0 Å². The summed E-state index contributed by atoms with van der Waals surface area (Å²) in [5.41, 5.74) is 1.05. The molecule has 1 aliphatic rings. The van der Waals surface area contributed by atoms with Crippen molar-refractivity contribution in [2.24, 2.45) is 0 Å². The number of nitriles is 1. The Morgan fingerprint density at radius 2 is 2.36 bits per heavy atom. The van der Waals surface area contributed by atoms with Crippen LogP contribution in [0.4, 0.5) is 0 Å². The number of methoxy groups -OCH3 is 1. The first-order valence-corrected chi connectivity index (χ1v) is 4.50. The van der Waals surface area contributed by atoms with Gasteiger partial charge in [0.15, 0.2) is 0 Å². The van der Waals surface area contributed by atoms with Gasteiger partial charge in [-0.05, 0) is 26.0 Å². The Kier molecular flexibility index (Phi) is 3.26. The minimum absolute atomic E-state index is 0.170. The van der Waals surface area contributed by atoms with E-state index in [2.05, 4.69) is 16.6 Å². The van der Waals surface area contributed by atoms with Gasteiger partial charge in [0.1, 0.15) is 11.6 Å². The first-order valence-electron chi connectivity index (χ1n) is 4.50. The molecule has 0 amide bonds. The van der Waals surface area contributed by atoms with Crippen LogP contribution < -0.4 is 0 Å². The summed E-state index contributed by atoms with van der Waals surface area (Å²) in [6.07, 6.45) is 0.772. The summed E-state index contributed by atoms with van der Waals surface area (Å²) in [4.78, 5) is 13.3. The minimum atomic E-state index is -0.523. The number of hydrogen-bond donors (Lipinski definition) is 0. The molecule has 0 radical (unpaired) electrons. The number of esters is 1. The van der Waals surface area contributed by atoms with Crippen LogP contribution in [0.25, 0.3) is 0 Å². The second-order valence-electron chi connectivity index (χ2n) is 3.55. The smallest absolute Gasteiger partial charge is 0.348 e. The van der Waals surface area contributed by atoms with Gasteiger partial charge in [0.25, 0.3) is 0 Å². The molecule has 0 aromatic rings. The number of rotatable bonds is 1. The zero-order valence-corrected chi connectivity index (χ0v) is 8.70. The van der Waals surface area contributed by atoms with Gasteiger partial charge in [0.2, 0.25) is 0 Å². The normalized spacial score (nSPS) is 25.7. The summed E-state index contributed by atoms with van der Waals surface area (Å²) in [5, 5.41) is 8.83. The zero-order valence-electron chi connectivity index (χ0n) is 8.70. The number of likely N-dealkylation sites (tertiary alicyclic amines) is 1. The highest BCUT2D eigenvalue weighted by atomic mass is 16.5. The third-order valence-electron chi connectivity index (χ3n) is 2.59. The monoisotopic (exact) mass is 194 g/mol. The fourth-order valence-corrected chi connectivity index (χ4v) is 1.59. The number of nitrogens with zero attached hydrogens (tertiary/aromatic N) is 2. The van der Waals surface area contributed by atoms with Crippen molar-refractivity contribution in [3.63, 3.8) is 0 Å². The molecule has 4 nitrogen and oxygen atoms in total. The molecular formula is C10H14N2O2. The van der Waals surface area contributed by atoms with E-state index in [0.717, 1.165) is 12.0 Å². The van der Waals surface area contributed by atoms with Crippen LogP contribution in [-0.2, 0) is 9.53 Å². The number of hydrogen-bond acceptors (Lipinski definition) is 4. The topological polar surface area (TPSA) is 53.3 Å². The van der Waals surface area contributed by atoms with Crippen molar-refractivity contribution in [3.05, 3.63) is 11.1 Å². The van der Waals surface area contributed by atoms with Crippen molar-refractivity contribution in [3.8, 4) is 6.07 Å². The molecule has 0 aromatic carbocycles. The van der Waals surface area contributed by atoms with Gasteiger partial charge in [-0.1, -0.05) is 0 Å². The standard InChI is InChI=1S/C10H14N2O2/c1-7-4-8(6-12(7)2)9(5-11)10(13)14-3/h7H,4,6H2,1-3H3/b9-8+. The van der Waals surface area contributed by atoms with E-state index in [1.165, 1.54) is 7.11 Å². The Morgan fingerprint density at radius 1 is 1.71 bits per heavy atom. The van der Waals surface area contributed by atoms with Gasteiger partial charge in [-0.3, -0.25) is 4.90 Å². The van der Waals surface area contributed by atoms with Crippen molar-refractivity contribution in [2.45, 2.75) is 19.4 Å². The average Bonchev–Trinajstić information content (AvgIpc) is 2.48. The lowest BCUT2D eigenvalue weighted by Gasteiger charge is -2.11. The quantitative estimate of drug-likeness (QED) is 0.350. The summed E-state index contributed by atoms with van der Waals surface area (Å²) >= 11 is 0. The van der Waals surface area contributed by atoms with Crippen LogP contribution in [0.3, 0.4) is 0 Å². The van der Waals surface area contributed by atoms with Crippen LogP contribution in [0.2, 0.25) is 0 Å². The van der Waals surface area contributed by atoms with Crippen LogP contribution >= 0.6 is 0 Å². The lowest BCUT2D eigenvalue weighted by molar-refractivity contribution is -0.135. The molecule has 0 aromatic heterocycles. The van der Waals surface area contributed by atoms with Gasteiger partial charge in [-0.15, -0.1) is 0 Å². The van der Waals surface area contributed by atoms with Crippen molar-refractivity contribution in [1.82, 2.24) is 4.90 Å². The molecule has 0 saturated carbocycles. The molecule has 0 bridgehead atoms. The first kappa shape index (κ1) is 10.7. The molecule has 0 aliphatic carbocycles. The minimum Gasteiger partial charge on any atom is -0.465 e. The van der Waals surface area contributed by atoms with Gasteiger partial charge >= 0.3 is 5.97 Å². The maximum absolute atomic E-state index is 11.2. The fourth-order valence-electron chi connectivity index (χ4n) is 1.59. The third kappa shape index (κ3) is 1.94. The highest BCUT2D eigenvalue weighted by Gasteiger charge is 2.26. The molecule has 1 unspecified atom stereocenters. The Morgan fingerprint density at radius 3 is 2.71 bits per heavy atom. The zero-order chi connectivity index (χ0) is 10.7. The van der Waals surface area contributed by atoms with E-state index in [9.17, 15) is 4.79 Å². The predicted octanol–water partition coefficient (Wildman–Crippen LogP) is 0.704. The molecule has 76 valence electrons. The van der Waals surface area contributed by atoms with Crippen molar-refractivity contribution in [1.29, 1.82) is 5.26 Å². The molecule has 0 spiro atoms. The Hall–Kier alpha value is -1.34. The van der Waals surface area contributed by atoms with Crippen molar-refractivity contribution >= 4 is 5.97 Å². The molecule has 1 aliphatic heterocycles. The summed E-state index contributed by atoms with van der Waals surface area (Å²) in [7, 11) is 3.27. The summed E-state index contributed by atoms with van der Waals surface area (Å²) in [5.74, 6) is -0.523. The largest absolute Gasteiger partial charge is 0.465 e. The maximum Gasteiger partial charge on any atom is 0.348 e. The van der Waals surface area contributed by atoms with E-state index in [1.807, 2.05) is 13.1 Å². The molecule has 14 heavy (non-hydrogen) atoms. The fraction of sp³-hybridized carbons (Fsp3) is 0.600. The van der Waals surface area contributed by atoms with E-state index < -0.39 is 5.97 Å². The highest BCUT2D eigenvalue weighted by molar-refractivity contribution is 5.93. The summed E-state index contributed by atoms with van der Waals surface area (Å²) < 4.78 is 4.55. The number of carbonyl (C=O) groups is 1. The number of likely N-dealkylation sites (N-methyl/N-ethyl adjacent to an activating group) is 1. The Bertz CT molecular complexity index is 303. The maximum atomic E-state index is 11.2. The molecule has 1 saturated heterocycles. The molecule has 0 N–H and O–H groups in total. The second-order valence-corrected chi connectivity index (χ2v) is 3.55. The Balaban J connectivity index is 2.93. The molecular weight excluding hydrogens is 180 g/mol. The van der Waals surface area contributed by atoms with E-state index >= 15 is 0 Å². The van der Waals surface area contributed by atoms with Gasteiger partial charge < -0.3 is 4.74 Å². The van der Waals surface area contributed by atoms with Crippen molar-refractivity contribution in [2.75, 3.05) is 20.7 Å². The van der Waals surface area contributed by atoms with E-state index in [4.69, 9.17) is 5.26 Å². The SMILES string of the molecule is COC(=O)/C(C#N)=C1\CC(C)N(C)C1. The highest BCUT2D eigenvalue weighted by Crippen LogP contribution is 2.23. The van der Waals surface area contributed by atoms with E-state index in [1.54, 1.807) is 0 Å². The summed E-state index contributed by atoms with van der Waals surface area (Å²) in [6.45, 7) is 2.75.